The van der Waals surface area contributed by atoms with Crippen molar-refractivity contribution in [3.63, 3.8) is 0 Å². The fourth-order valence-corrected chi connectivity index (χ4v) is 4.32. The summed E-state index contributed by atoms with van der Waals surface area (Å²) in [6.07, 6.45) is -0.910. The molecule has 0 aliphatic heterocycles. The highest BCUT2D eigenvalue weighted by molar-refractivity contribution is 7.98. The van der Waals surface area contributed by atoms with Crippen LogP contribution in [0.3, 0.4) is 0 Å². The summed E-state index contributed by atoms with van der Waals surface area (Å²) in [5, 5.41) is 29.8. The van der Waals surface area contributed by atoms with Crippen molar-refractivity contribution < 1.29 is 5.11 Å². The SMILES string of the molecule is N#Cc1ccc(CSc2nnc(C(O)c3ccccc3)n2-c2ccccc2)c(Cl)c1. The molecule has 1 aromatic heterocycles. The van der Waals surface area contributed by atoms with Gasteiger partial charge in [0.25, 0.3) is 0 Å². The summed E-state index contributed by atoms with van der Waals surface area (Å²) in [6.45, 7) is 0. The number of hydrogen-bond donors (Lipinski definition) is 1. The Labute approximate surface area is 183 Å². The molecule has 0 radical (unpaired) electrons. The van der Waals surface area contributed by atoms with Crippen LogP contribution in [0.5, 0.6) is 0 Å². The van der Waals surface area contributed by atoms with Crippen LogP contribution >= 0.6 is 23.4 Å². The average Bonchev–Trinajstić information content (AvgIpc) is 3.22. The number of nitriles is 1. The van der Waals surface area contributed by atoms with Crippen LogP contribution in [0.4, 0.5) is 0 Å². The number of aromatic nitrogens is 3. The highest BCUT2D eigenvalue weighted by Gasteiger charge is 2.22. The second kappa shape index (κ2) is 9.14. The van der Waals surface area contributed by atoms with Crippen LogP contribution in [-0.2, 0) is 5.75 Å². The quantitative estimate of drug-likeness (QED) is 0.425. The minimum absolute atomic E-state index is 0.445. The molecule has 0 bridgehead atoms. The zero-order valence-electron chi connectivity index (χ0n) is 15.8. The number of rotatable bonds is 6. The van der Waals surface area contributed by atoms with Crippen molar-refractivity contribution in [2.75, 3.05) is 0 Å². The standard InChI is InChI=1S/C23H17ClN4OS/c24-20-13-16(14-25)11-12-18(20)15-30-23-27-26-22(21(29)17-7-3-1-4-8-17)28(23)19-9-5-2-6-10-19/h1-13,21,29H,15H2. The molecule has 3 aromatic carbocycles. The Balaban J connectivity index is 1.68. The second-order valence-corrected chi connectivity index (χ2v) is 7.88. The van der Waals surface area contributed by atoms with Gasteiger partial charge in [-0.15, -0.1) is 10.2 Å². The third kappa shape index (κ3) is 4.24. The molecule has 0 saturated heterocycles. The topological polar surface area (TPSA) is 74.7 Å². The van der Waals surface area contributed by atoms with Crippen molar-refractivity contribution >= 4 is 23.4 Å². The molecule has 1 unspecified atom stereocenters. The number of benzene rings is 3. The summed E-state index contributed by atoms with van der Waals surface area (Å²) in [7, 11) is 0. The largest absolute Gasteiger partial charge is 0.380 e. The smallest absolute Gasteiger partial charge is 0.196 e. The Bertz CT molecular complexity index is 1190. The van der Waals surface area contributed by atoms with E-state index < -0.39 is 6.10 Å². The van der Waals surface area contributed by atoms with Gasteiger partial charge >= 0.3 is 0 Å². The molecule has 0 aliphatic carbocycles. The van der Waals surface area contributed by atoms with Gasteiger partial charge in [0, 0.05) is 16.5 Å². The molecule has 0 saturated carbocycles. The number of halogens is 1. The summed E-state index contributed by atoms with van der Waals surface area (Å²) in [6, 6.07) is 26.4. The first-order valence-electron chi connectivity index (χ1n) is 9.22. The maximum atomic E-state index is 11.0. The third-order valence-corrected chi connectivity index (χ3v) is 5.90. The molecule has 5 nitrogen and oxygen atoms in total. The minimum atomic E-state index is -0.910. The molecule has 0 spiro atoms. The number of aliphatic hydroxyl groups is 1. The fourth-order valence-electron chi connectivity index (χ4n) is 3.03. The summed E-state index contributed by atoms with van der Waals surface area (Å²) < 4.78 is 1.86. The summed E-state index contributed by atoms with van der Waals surface area (Å²) in [5.41, 5.74) is 3.03. The molecule has 30 heavy (non-hydrogen) atoms. The van der Waals surface area contributed by atoms with Crippen molar-refractivity contribution in [3.8, 4) is 11.8 Å². The van der Waals surface area contributed by atoms with Crippen LogP contribution in [0, 0.1) is 11.3 Å². The molecule has 4 aromatic rings. The summed E-state index contributed by atoms with van der Waals surface area (Å²) in [4.78, 5) is 0. The van der Waals surface area contributed by atoms with Crippen LogP contribution in [-0.4, -0.2) is 19.9 Å². The van der Waals surface area contributed by atoms with Gasteiger partial charge in [0.1, 0.15) is 6.10 Å². The van der Waals surface area contributed by atoms with Crippen LogP contribution in [0.2, 0.25) is 5.02 Å². The Morgan fingerprint density at radius 3 is 2.37 bits per heavy atom. The first-order valence-corrected chi connectivity index (χ1v) is 10.6. The lowest BCUT2D eigenvalue weighted by Gasteiger charge is -2.14. The van der Waals surface area contributed by atoms with E-state index in [-0.39, 0.29) is 0 Å². The van der Waals surface area contributed by atoms with E-state index in [9.17, 15) is 5.11 Å². The van der Waals surface area contributed by atoms with E-state index in [0.717, 1.165) is 16.8 Å². The highest BCUT2D eigenvalue weighted by atomic mass is 35.5. The molecule has 0 fully saturated rings. The average molecular weight is 433 g/mol. The van der Waals surface area contributed by atoms with Gasteiger partial charge < -0.3 is 5.11 Å². The lowest BCUT2D eigenvalue weighted by Crippen LogP contribution is -2.09. The molecular weight excluding hydrogens is 416 g/mol. The van der Waals surface area contributed by atoms with Crippen molar-refractivity contribution in [2.24, 2.45) is 0 Å². The van der Waals surface area contributed by atoms with Gasteiger partial charge in [0.15, 0.2) is 11.0 Å². The maximum Gasteiger partial charge on any atom is 0.196 e. The van der Waals surface area contributed by atoms with E-state index in [2.05, 4.69) is 16.3 Å². The van der Waals surface area contributed by atoms with Gasteiger partial charge in [-0.2, -0.15) is 5.26 Å². The Kier molecular flexibility index (Phi) is 6.15. The van der Waals surface area contributed by atoms with Crippen LogP contribution in [0.1, 0.15) is 28.6 Å². The zero-order chi connectivity index (χ0) is 20.9. The van der Waals surface area contributed by atoms with E-state index in [4.69, 9.17) is 16.9 Å². The highest BCUT2D eigenvalue weighted by Crippen LogP contribution is 2.31. The molecule has 0 amide bonds. The molecule has 7 heteroatoms. The predicted octanol–water partition coefficient (Wildman–Crippen LogP) is 5.17. The van der Waals surface area contributed by atoms with Gasteiger partial charge in [-0.25, -0.2) is 0 Å². The fraction of sp³-hybridized carbons (Fsp3) is 0.0870. The number of thioether (sulfide) groups is 1. The molecule has 4 rings (SSSR count). The van der Waals surface area contributed by atoms with Crippen molar-refractivity contribution in [3.05, 3.63) is 106 Å². The third-order valence-electron chi connectivity index (χ3n) is 4.57. The maximum absolute atomic E-state index is 11.0. The van der Waals surface area contributed by atoms with Crippen molar-refractivity contribution in [1.29, 1.82) is 5.26 Å². The van der Waals surface area contributed by atoms with Crippen LogP contribution in [0.25, 0.3) is 5.69 Å². The number of nitrogens with zero attached hydrogens (tertiary/aromatic N) is 4. The monoisotopic (exact) mass is 432 g/mol. The van der Waals surface area contributed by atoms with Gasteiger partial charge in [-0.3, -0.25) is 4.57 Å². The normalized spacial score (nSPS) is 11.8. The van der Waals surface area contributed by atoms with Gasteiger partial charge in [-0.1, -0.05) is 78.0 Å². The van der Waals surface area contributed by atoms with Gasteiger partial charge in [0.2, 0.25) is 0 Å². The summed E-state index contributed by atoms with van der Waals surface area (Å²) in [5.74, 6) is 0.998. The predicted molar refractivity (Wildman–Crippen MR) is 118 cm³/mol. The van der Waals surface area contributed by atoms with E-state index >= 15 is 0 Å². The zero-order valence-corrected chi connectivity index (χ0v) is 17.4. The summed E-state index contributed by atoms with van der Waals surface area (Å²) >= 11 is 7.79. The van der Waals surface area contributed by atoms with Crippen molar-refractivity contribution in [2.45, 2.75) is 17.0 Å². The lowest BCUT2D eigenvalue weighted by molar-refractivity contribution is 0.207. The van der Waals surface area contributed by atoms with Gasteiger partial charge in [0.05, 0.1) is 11.6 Å². The van der Waals surface area contributed by atoms with Crippen molar-refractivity contribution in [1.82, 2.24) is 14.8 Å². The van der Waals surface area contributed by atoms with Crippen LogP contribution in [0.15, 0.2) is 84.0 Å². The number of aliphatic hydroxyl groups excluding tert-OH is 1. The lowest BCUT2D eigenvalue weighted by atomic mass is 10.1. The number of para-hydroxylation sites is 1. The molecule has 1 heterocycles. The molecule has 0 aliphatic rings. The van der Waals surface area contributed by atoms with E-state index in [1.165, 1.54) is 11.8 Å². The molecular formula is C23H17ClN4OS. The Morgan fingerprint density at radius 2 is 1.70 bits per heavy atom. The molecule has 1 atom stereocenters. The minimum Gasteiger partial charge on any atom is -0.380 e. The second-order valence-electron chi connectivity index (χ2n) is 6.53. The van der Waals surface area contributed by atoms with E-state index in [1.54, 1.807) is 12.1 Å². The first kappa shape index (κ1) is 20.2. The van der Waals surface area contributed by atoms with Gasteiger partial charge in [-0.05, 0) is 35.4 Å². The number of hydrogen-bond acceptors (Lipinski definition) is 5. The first-order chi connectivity index (χ1) is 14.7. The van der Waals surface area contributed by atoms with Crippen LogP contribution < -0.4 is 0 Å². The van der Waals surface area contributed by atoms with E-state index in [1.807, 2.05) is 71.3 Å². The van der Waals surface area contributed by atoms with E-state index in [0.29, 0.717) is 27.3 Å². The Hall–Kier alpha value is -3.11. The Morgan fingerprint density at radius 1 is 1.00 bits per heavy atom. The molecule has 148 valence electrons. The molecule has 1 N–H and O–H groups in total.